The molecule has 4 rings (SSSR count). The highest BCUT2D eigenvalue weighted by Crippen LogP contribution is 2.21. The molecule has 4 amide bonds. The van der Waals surface area contributed by atoms with Crippen LogP contribution in [0.1, 0.15) is 90.0 Å². The van der Waals surface area contributed by atoms with Crippen LogP contribution in [0, 0.1) is 0 Å². The van der Waals surface area contributed by atoms with E-state index in [0.29, 0.717) is 16.8 Å². The molecule has 0 aliphatic heterocycles. The molecule has 0 bridgehead atoms. The zero-order valence-corrected chi connectivity index (χ0v) is 29.8. The smallest absolute Gasteiger partial charge is 0.253 e. The van der Waals surface area contributed by atoms with E-state index in [4.69, 9.17) is 0 Å². The monoisotopic (exact) mass is 654 g/mol. The average molecular weight is 655 g/mol. The van der Waals surface area contributed by atoms with Crippen molar-refractivity contribution in [2.75, 3.05) is 10.6 Å². The van der Waals surface area contributed by atoms with Crippen LogP contribution in [0.2, 0.25) is 0 Å². The Morgan fingerprint density at radius 1 is 0.500 bits per heavy atom. The summed E-state index contributed by atoms with van der Waals surface area (Å²) >= 11 is 0. The molecular formula is C38H50N6O4. The minimum Gasteiger partial charge on any atom is -0.350 e. The Morgan fingerprint density at radius 2 is 0.875 bits per heavy atom. The second-order valence-electron chi connectivity index (χ2n) is 10.6. The summed E-state index contributed by atoms with van der Waals surface area (Å²) in [4.78, 5) is 54.3. The van der Waals surface area contributed by atoms with Gasteiger partial charge in [-0.05, 0) is 76.2 Å². The summed E-state index contributed by atoms with van der Waals surface area (Å²) in [5.41, 5.74) is 5.94. The Kier molecular flexibility index (Phi) is 18.1. The van der Waals surface area contributed by atoms with Crippen LogP contribution < -0.4 is 21.3 Å². The molecule has 0 radical (unpaired) electrons. The van der Waals surface area contributed by atoms with Crippen LogP contribution in [0.4, 0.5) is 11.4 Å². The molecule has 48 heavy (non-hydrogen) atoms. The first-order valence-corrected chi connectivity index (χ1v) is 16.2. The summed E-state index contributed by atoms with van der Waals surface area (Å²) in [5.74, 6) is -0.452. The minimum absolute atomic E-state index is 0.0875. The summed E-state index contributed by atoms with van der Waals surface area (Å²) in [6.45, 7) is 18.6. The minimum atomic E-state index is -0.130. The third-order valence-electron chi connectivity index (χ3n) is 5.89. The SMILES string of the molecule is CC.CC.CC(=O)Nc1ccc(-c2ccc(C(=O)NC(C)C)cc2)nc1.CC(=O)Nc1ccc(-c2ccc(C(=O)NC(C)C)cn2)cc1. The van der Waals surface area contributed by atoms with Crippen molar-refractivity contribution in [1.82, 2.24) is 20.6 Å². The molecule has 0 fully saturated rings. The van der Waals surface area contributed by atoms with Gasteiger partial charge in [0.2, 0.25) is 11.8 Å². The molecule has 0 saturated carbocycles. The molecule has 4 aromatic rings. The van der Waals surface area contributed by atoms with Crippen molar-refractivity contribution in [2.45, 2.75) is 81.3 Å². The summed E-state index contributed by atoms with van der Waals surface area (Å²) < 4.78 is 0. The van der Waals surface area contributed by atoms with Crippen LogP contribution in [0.25, 0.3) is 22.5 Å². The van der Waals surface area contributed by atoms with Crippen LogP contribution in [-0.2, 0) is 9.59 Å². The zero-order valence-electron chi connectivity index (χ0n) is 29.8. The highest BCUT2D eigenvalue weighted by molar-refractivity contribution is 5.95. The van der Waals surface area contributed by atoms with Gasteiger partial charge in [0.1, 0.15) is 0 Å². The van der Waals surface area contributed by atoms with Gasteiger partial charge in [-0.15, -0.1) is 0 Å². The fraction of sp³-hybridized carbons (Fsp3) is 0.316. The van der Waals surface area contributed by atoms with Crippen molar-refractivity contribution in [3.05, 3.63) is 96.3 Å². The number of aromatic nitrogens is 2. The van der Waals surface area contributed by atoms with Gasteiger partial charge in [0.05, 0.1) is 28.8 Å². The van der Waals surface area contributed by atoms with E-state index in [0.717, 1.165) is 28.2 Å². The number of rotatable bonds is 8. The highest BCUT2D eigenvalue weighted by atomic mass is 16.2. The first kappa shape index (κ1) is 40.6. The average Bonchev–Trinajstić information content (AvgIpc) is 3.07. The van der Waals surface area contributed by atoms with Gasteiger partial charge in [-0.25, -0.2) is 0 Å². The zero-order chi connectivity index (χ0) is 36.2. The van der Waals surface area contributed by atoms with E-state index in [1.165, 1.54) is 13.8 Å². The van der Waals surface area contributed by atoms with Gasteiger partial charge < -0.3 is 21.3 Å². The van der Waals surface area contributed by atoms with Crippen molar-refractivity contribution < 1.29 is 19.2 Å². The van der Waals surface area contributed by atoms with Gasteiger partial charge in [-0.2, -0.15) is 0 Å². The lowest BCUT2D eigenvalue weighted by Crippen LogP contribution is -2.30. The molecule has 256 valence electrons. The summed E-state index contributed by atoms with van der Waals surface area (Å²) in [7, 11) is 0. The standard InChI is InChI=1S/2C17H19N3O2.2C2H6/c1-11(2)19-17(22)14-6-9-16(18-10-14)13-4-7-15(8-5-13)20-12(3)21;1-11(2)19-17(22)14-6-4-13(5-7-14)16-9-8-15(10-18-16)20-12(3)21;2*1-2/h2*4-11H,1-3H3,(H,19,22)(H,20,21);2*1-2H3. The Hall–Kier alpha value is -5.38. The number of amides is 4. The third kappa shape index (κ3) is 14.4. The molecule has 0 aliphatic carbocycles. The molecule has 2 heterocycles. The Morgan fingerprint density at radius 3 is 1.27 bits per heavy atom. The van der Waals surface area contributed by atoms with Crippen molar-refractivity contribution in [3.8, 4) is 22.5 Å². The number of anilines is 2. The third-order valence-corrected chi connectivity index (χ3v) is 5.89. The first-order valence-electron chi connectivity index (χ1n) is 16.2. The fourth-order valence-electron chi connectivity index (χ4n) is 3.95. The second kappa shape index (κ2) is 21.4. The normalized spacial score (nSPS) is 9.75. The largest absolute Gasteiger partial charge is 0.350 e. The van der Waals surface area contributed by atoms with E-state index in [1.54, 1.807) is 36.7 Å². The molecule has 0 atom stereocenters. The predicted molar refractivity (Wildman–Crippen MR) is 196 cm³/mol. The predicted octanol–water partition coefficient (Wildman–Crippen LogP) is 7.74. The van der Waals surface area contributed by atoms with E-state index in [9.17, 15) is 19.2 Å². The van der Waals surface area contributed by atoms with E-state index in [2.05, 4.69) is 31.2 Å². The summed E-state index contributed by atoms with van der Waals surface area (Å²) in [6, 6.07) is 22.0. The number of nitrogens with zero attached hydrogens (tertiary/aromatic N) is 2. The molecule has 2 aromatic carbocycles. The van der Waals surface area contributed by atoms with Crippen LogP contribution in [0.3, 0.4) is 0 Å². The van der Waals surface area contributed by atoms with Crippen molar-refractivity contribution in [2.24, 2.45) is 0 Å². The number of benzene rings is 2. The number of nitrogens with one attached hydrogen (secondary N) is 4. The molecule has 4 N–H and O–H groups in total. The number of pyridine rings is 2. The number of carbonyl (C=O) groups is 4. The van der Waals surface area contributed by atoms with Crippen LogP contribution in [-0.4, -0.2) is 45.7 Å². The van der Waals surface area contributed by atoms with Crippen LogP contribution in [0.5, 0.6) is 0 Å². The number of carbonyl (C=O) groups excluding carboxylic acids is 4. The lowest BCUT2D eigenvalue weighted by Gasteiger charge is -2.09. The molecule has 2 aromatic heterocycles. The maximum absolute atomic E-state index is 11.9. The molecule has 10 nitrogen and oxygen atoms in total. The van der Waals surface area contributed by atoms with Gasteiger partial charge in [-0.3, -0.25) is 29.1 Å². The fourth-order valence-corrected chi connectivity index (χ4v) is 3.95. The van der Waals surface area contributed by atoms with Gasteiger partial charge >= 0.3 is 0 Å². The molecular weight excluding hydrogens is 604 g/mol. The van der Waals surface area contributed by atoms with Gasteiger partial charge in [0.25, 0.3) is 11.8 Å². The highest BCUT2D eigenvalue weighted by Gasteiger charge is 2.09. The topological polar surface area (TPSA) is 142 Å². The van der Waals surface area contributed by atoms with Crippen molar-refractivity contribution in [3.63, 3.8) is 0 Å². The van der Waals surface area contributed by atoms with E-state index >= 15 is 0 Å². The molecule has 0 saturated heterocycles. The number of hydrogen-bond acceptors (Lipinski definition) is 6. The van der Waals surface area contributed by atoms with E-state index < -0.39 is 0 Å². The van der Waals surface area contributed by atoms with Gasteiger partial charge in [0.15, 0.2) is 0 Å². The summed E-state index contributed by atoms with van der Waals surface area (Å²) in [5, 5.41) is 11.1. The Balaban J connectivity index is 0.000000435. The lowest BCUT2D eigenvalue weighted by atomic mass is 10.1. The maximum atomic E-state index is 11.9. The maximum Gasteiger partial charge on any atom is 0.253 e. The molecule has 10 heteroatoms. The molecule has 0 aliphatic rings. The molecule has 0 unspecified atom stereocenters. The summed E-state index contributed by atoms with van der Waals surface area (Å²) in [6.07, 6.45) is 3.17. The number of hydrogen-bond donors (Lipinski definition) is 4. The van der Waals surface area contributed by atoms with Gasteiger partial charge in [-0.1, -0.05) is 52.0 Å². The Bertz CT molecular complexity index is 1450. The van der Waals surface area contributed by atoms with Crippen molar-refractivity contribution >= 4 is 35.0 Å². The molecule has 0 spiro atoms. The second-order valence-corrected chi connectivity index (χ2v) is 10.6. The lowest BCUT2D eigenvalue weighted by molar-refractivity contribution is -0.115. The van der Waals surface area contributed by atoms with E-state index in [-0.39, 0.29) is 35.7 Å². The van der Waals surface area contributed by atoms with Crippen molar-refractivity contribution in [1.29, 1.82) is 0 Å². The van der Waals surface area contributed by atoms with Crippen LogP contribution >= 0.6 is 0 Å². The Labute approximate surface area is 285 Å². The van der Waals surface area contributed by atoms with Gasteiger partial charge in [0, 0.05) is 54.5 Å². The van der Waals surface area contributed by atoms with Crippen LogP contribution in [0.15, 0.2) is 85.2 Å². The quantitative estimate of drug-likeness (QED) is 0.153. The first-order chi connectivity index (χ1) is 22.9. The van der Waals surface area contributed by atoms with E-state index in [1.807, 2.05) is 104 Å².